The Kier molecular flexibility index (Phi) is 6.06. The monoisotopic (exact) mass is 441 g/mol. The van der Waals surface area contributed by atoms with Crippen molar-refractivity contribution in [3.05, 3.63) is 73.3 Å². The first-order chi connectivity index (χ1) is 14.4. The number of nitro benzene ring substituents is 1. The maximum absolute atomic E-state index is 11.0. The molecule has 156 valence electrons. The molecular weight excluding hydrogens is 418 g/mol. The summed E-state index contributed by atoms with van der Waals surface area (Å²) in [6, 6.07) is 13.0. The highest BCUT2D eigenvalue weighted by atomic mass is 35.5. The van der Waals surface area contributed by atoms with Gasteiger partial charge in [0.15, 0.2) is 4.80 Å². The zero-order valence-electron chi connectivity index (χ0n) is 17.0. The molecule has 1 aliphatic rings. The van der Waals surface area contributed by atoms with Crippen LogP contribution in [-0.4, -0.2) is 9.49 Å². The first kappa shape index (κ1) is 20.8. The molecule has 5 nitrogen and oxygen atoms in total. The van der Waals surface area contributed by atoms with E-state index in [1.165, 1.54) is 19.3 Å². The van der Waals surface area contributed by atoms with Crippen LogP contribution in [0, 0.1) is 23.0 Å². The third kappa shape index (κ3) is 4.20. The van der Waals surface area contributed by atoms with Gasteiger partial charge < -0.3 is 4.57 Å². The third-order valence-corrected chi connectivity index (χ3v) is 7.14. The fraction of sp³-hybridized carbons (Fsp3) is 0.348. The molecule has 1 saturated carbocycles. The summed E-state index contributed by atoms with van der Waals surface area (Å²) in [5, 5.41) is 13.9. The van der Waals surface area contributed by atoms with E-state index < -0.39 is 0 Å². The summed E-state index contributed by atoms with van der Waals surface area (Å²) in [7, 11) is 0. The molecule has 0 radical (unpaired) electrons. The lowest BCUT2D eigenvalue weighted by molar-refractivity contribution is -0.384. The number of halogens is 1. The predicted molar refractivity (Wildman–Crippen MR) is 122 cm³/mol. The van der Waals surface area contributed by atoms with E-state index in [0.717, 1.165) is 33.7 Å². The molecule has 4 rings (SSSR count). The van der Waals surface area contributed by atoms with Crippen molar-refractivity contribution in [3.63, 3.8) is 0 Å². The molecule has 0 N–H and O–H groups in total. The number of rotatable bonds is 4. The van der Waals surface area contributed by atoms with Crippen molar-refractivity contribution in [3.8, 4) is 11.3 Å². The molecule has 2 atom stereocenters. The molecular formula is C23H24ClN3O2S. The van der Waals surface area contributed by atoms with E-state index in [9.17, 15) is 10.1 Å². The van der Waals surface area contributed by atoms with E-state index in [1.807, 2.05) is 37.3 Å². The predicted octanol–water partition coefficient (Wildman–Crippen LogP) is 7.07. The van der Waals surface area contributed by atoms with Gasteiger partial charge in [-0.3, -0.25) is 10.1 Å². The fourth-order valence-electron chi connectivity index (χ4n) is 4.13. The van der Waals surface area contributed by atoms with E-state index in [0.29, 0.717) is 17.0 Å². The molecule has 7 heteroatoms. The quantitative estimate of drug-likeness (QED) is 0.321. The number of aryl methyl sites for hydroxylation is 1. The van der Waals surface area contributed by atoms with Crippen LogP contribution < -0.4 is 4.80 Å². The number of aromatic nitrogens is 1. The van der Waals surface area contributed by atoms with Gasteiger partial charge in [-0.2, -0.15) is 0 Å². The van der Waals surface area contributed by atoms with Crippen LogP contribution >= 0.6 is 22.9 Å². The average molecular weight is 442 g/mol. The standard InChI is InChI=1S/C23H24ClN3O2S/c1-15-7-10-18(13-20(15)24)25-23-26(21-6-4-3-5-16(21)2)22(14-30-23)17-8-11-19(12-9-17)27(28)29/h7-14,16,21H,3-6H2,1-2H3. The molecule has 0 amide bonds. The van der Waals surface area contributed by atoms with Crippen LogP contribution in [0.25, 0.3) is 11.3 Å². The van der Waals surface area contributed by atoms with Gasteiger partial charge in [-0.15, -0.1) is 11.3 Å². The maximum atomic E-state index is 11.0. The lowest BCUT2D eigenvalue weighted by Crippen LogP contribution is -2.28. The minimum atomic E-state index is -0.365. The minimum Gasteiger partial charge on any atom is -0.313 e. The van der Waals surface area contributed by atoms with Crippen LogP contribution in [0.2, 0.25) is 5.02 Å². The van der Waals surface area contributed by atoms with Gasteiger partial charge in [0.25, 0.3) is 5.69 Å². The van der Waals surface area contributed by atoms with E-state index >= 15 is 0 Å². The molecule has 1 aliphatic carbocycles. The van der Waals surface area contributed by atoms with E-state index in [2.05, 4.69) is 16.9 Å². The molecule has 0 spiro atoms. The normalized spacial score (nSPS) is 19.8. The molecule has 1 aromatic heterocycles. The average Bonchev–Trinajstić information content (AvgIpc) is 3.14. The summed E-state index contributed by atoms with van der Waals surface area (Å²) in [6.45, 7) is 4.29. The van der Waals surface area contributed by atoms with Crippen molar-refractivity contribution in [1.82, 2.24) is 4.57 Å². The number of hydrogen-bond acceptors (Lipinski definition) is 4. The first-order valence-corrected chi connectivity index (χ1v) is 11.5. The van der Waals surface area contributed by atoms with Crippen molar-refractivity contribution < 1.29 is 4.92 Å². The molecule has 2 aromatic carbocycles. The Morgan fingerprint density at radius 3 is 2.57 bits per heavy atom. The highest BCUT2D eigenvalue weighted by molar-refractivity contribution is 7.07. The summed E-state index contributed by atoms with van der Waals surface area (Å²) in [5.74, 6) is 0.547. The number of benzene rings is 2. The highest BCUT2D eigenvalue weighted by Gasteiger charge is 2.26. The van der Waals surface area contributed by atoms with E-state index in [-0.39, 0.29) is 10.6 Å². The zero-order chi connectivity index (χ0) is 21.3. The molecule has 1 fully saturated rings. The Balaban J connectivity index is 1.85. The molecule has 3 aromatic rings. The zero-order valence-corrected chi connectivity index (χ0v) is 18.6. The second kappa shape index (κ2) is 8.74. The van der Waals surface area contributed by atoms with Crippen LogP contribution in [0.5, 0.6) is 0 Å². The van der Waals surface area contributed by atoms with Gasteiger partial charge >= 0.3 is 0 Å². The van der Waals surface area contributed by atoms with Crippen molar-refractivity contribution in [2.24, 2.45) is 10.9 Å². The fourth-order valence-corrected chi connectivity index (χ4v) is 5.28. The van der Waals surface area contributed by atoms with Crippen LogP contribution in [0.15, 0.2) is 52.8 Å². The van der Waals surface area contributed by atoms with Gasteiger partial charge in [0.1, 0.15) is 0 Å². The third-order valence-electron chi connectivity index (χ3n) is 5.89. The Labute approximate surface area is 184 Å². The van der Waals surface area contributed by atoms with Crippen LogP contribution in [0.1, 0.15) is 44.2 Å². The molecule has 2 unspecified atom stereocenters. The second-order valence-corrected chi connectivity index (χ2v) is 9.20. The summed E-state index contributed by atoms with van der Waals surface area (Å²) in [4.78, 5) is 16.5. The number of nitro groups is 1. The molecule has 0 aliphatic heterocycles. The van der Waals surface area contributed by atoms with E-state index in [4.69, 9.17) is 16.6 Å². The SMILES string of the molecule is Cc1ccc(N=c2scc(-c3ccc([N+](=O)[O-])cc3)n2C2CCCCC2C)cc1Cl. The van der Waals surface area contributed by atoms with Gasteiger partial charge in [0, 0.05) is 28.6 Å². The minimum absolute atomic E-state index is 0.103. The van der Waals surface area contributed by atoms with Gasteiger partial charge in [0.05, 0.1) is 16.3 Å². The van der Waals surface area contributed by atoms with Gasteiger partial charge in [-0.05, 0) is 61.1 Å². The Hall–Kier alpha value is -2.44. The Morgan fingerprint density at radius 1 is 1.17 bits per heavy atom. The van der Waals surface area contributed by atoms with Crippen molar-refractivity contribution >= 4 is 34.3 Å². The summed E-state index contributed by atoms with van der Waals surface area (Å²) in [5.41, 5.74) is 4.00. The molecule has 0 bridgehead atoms. The summed E-state index contributed by atoms with van der Waals surface area (Å²) in [6.07, 6.45) is 4.77. The van der Waals surface area contributed by atoms with Crippen LogP contribution in [0.3, 0.4) is 0 Å². The highest BCUT2D eigenvalue weighted by Crippen LogP contribution is 2.37. The summed E-state index contributed by atoms with van der Waals surface area (Å²) >= 11 is 7.92. The van der Waals surface area contributed by atoms with Crippen molar-refractivity contribution in [1.29, 1.82) is 0 Å². The van der Waals surface area contributed by atoms with Gasteiger partial charge in [-0.1, -0.05) is 37.4 Å². The number of non-ortho nitro benzene ring substituents is 1. The maximum Gasteiger partial charge on any atom is 0.269 e. The molecule has 1 heterocycles. The second-order valence-electron chi connectivity index (χ2n) is 7.95. The first-order valence-electron chi connectivity index (χ1n) is 10.2. The largest absolute Gasteiger partial charge is 0.313 e. The number of nitrogens with zero attached hydrogens (tertiary/aromatic N) is 3. The lowest BCUT2D eigenvalue weighted by Gasteiger charge is -2.31. The molecule has 30 heavy (non-hydrogen) atoms. The van der Waals surface area contributed by atoms with Crippen LogP contribution in [-0.2, 0) is 0 Å². The van der Waals surface area contributed by atoms with Crippen LogP contribution in [0.4, 0.5) is 11.4 Å². The number of thiazole rings is 1. The lowest BCUT2D eigenvalue weighted by atomic mass is 9.85. The Bertz CT molecular complexity index is 1130. The molecule has 0 saturated heterocycles. The van der Waals surface area contributed by atoms with Gasteiger partial charge in [-0.25, -0.2) is 4.99 Å². The smallest absolute Gasteiger partial charge is 0.269 e. The van der Waals surface area contributed by atoms with E-state index in [1.54, 1.807) is 23.5 Å². The topological polar surface area (TPSA) is 60.4 Å². The van der Waals surface area contributed by atoms with Crippen molar-refractivity contribution in [2.75, 3.05) is 0 Å². The Morgan fingerprint density at radius 2 is 1.90 bits per heavy atom. The number of hydrogen-bond donors (Lipinski definition) is 0. The summed E-state index contributed by atoms with van der Waals surface area (Å²) < 4.78 is 2.34. The van der Waals surface area contributed by atoms with Gasteiger partial charge in [0.2, 0.25) is 0 Å². The van der Waals surface area contributed by atoms with Crippen molar-refractivity contribution in [2.45, 2.75) is 45.6 Å².